The summed E-state index contributed by atoms with van der Waals surface area (Å²) in [5.74, 6) is 0.427. The van der Waals surface area contributed by atoms with Crippen molar-refractivity contribution in [3.63, 3.8) is 0 Å². The van der Waals surface area contributed by atoms with Crippen molar-refractivity contribution in [1.82, 2.24) is 24.3 Å². The van der Waals surface area contributed by atoms with Crippen LogP contribution in [0.25, 0.3) is 27.9 Å². The number of nitrogens with one attached hydrogen (secondary N) is 2. The highest BCUT2D eigenvalue weighted by molar-refractivity contribution is 6.35. The molecule has 0 saturated heterocycles. The van der Waals surface area contributed by atoms with Gasteiger partial charge in [-0.25, -0.2) is 15.0 Å². The number of hydrogen-bond donors (Lipinski definition) is 2. The average molecular weight is 417 g/mol. The van der Waals surface area contributed by atoms with Gasteiger partial charge < -0.3 is 10.3 Å². The van der Waals surface area contributed by atoms with Crippen LogP contribution in [0, 0.1) is 0 Å². The zero-order valence-electron chi connectivity index (χ0n) is 16.0. The Labute approximate surface area is 176 Å². The first kappa shape index (κ1) is 18.3. The molecule has 0 fully saturated rings. The molecule has 148 valence electrons. The highest BCUT2D eigenvalue weighted by Crippen LogP contribution is 2.24. The molecule has 0 aliphatic heterocycles. The smallest absolute Gasteiger partial charge is 0.253 e. The lowest BCUT2D eigenvalue weighted by Crippen LogP contribution is -2.20. The molecule has 2 N–H and O–H groups in total. The summed E-state index contributed by atoms with van der Waals surface area (Å²) < 4.78 is 1.97. The summed E-state index contributed by atoms with van der Waals surface area (Å²) in [5.41, 5.74) is 3.45. The Balaban J connectivity index is 1.48. The van der Waals surface area contributed by atoms with Gasteiger partial charge in [0, 0.05) is 23.3 Å². The second-order valence-corrected chi connectivity index (χ2v) is 7.37. The summed E-state index contributed by atoms with van der Waals surface area (Å²) in [5, 5.41) is 4.61. The van der Waals surface area contributed by atoms with Crippen molar-refractivity contribution < 1.29 is 0 Å². The molecule has 5 rings (SSSR count). The summed E-state index contributed by atoms with van der Waals surface area (Å²) in [6.07, 6.45) is 5.40. The maximum atomic E-state index is 12.6. The Morgan fingerprint density at radius 3 is 2.93 bits per heavy atom. The second kappa shape index (κ2) is 7.27. The van der Waals surface area contributed by atoms with Gasteiger partial charge in [-0.3, -0.25) is 9.20 Å². The predicted molar refractivity (Wildman–Crippen MR) is 118 cm³/mol. The highest BCUT2D eigenvalue weighted by atomic mass is 35.5. The molecule has 4 aromatic heterocycles. The van der Waals surface area contributed by atoms with Crippen LogP contribution in [-0.4, -0.2) is 24.3 Å². The average Bonchev–Trinajstić information content (AvgIpc) is 3.18. The van der Waals surface area contributed by atoms with Crippen molar-refractivity contribution in [2.75, 3.05) is 5.32 Å². The van der Waals surface area contributed by atoms with Crippen molar-refractivity contribution in [2.45, 2.75) is 13.0 Å². The number of aromatic amines is 1. The zero-order chi connectivity index (χ0) is 20.7. The number of benzene rings is 1. The van der Waals surface area contributed by atoms with Gasteiger partial charge in [-0.1, -0.05) is 29.8 Å². The first-order valence-corrected chi connectivity index (χ1v) is 9.81. The Morgan fingerprint density at radius 2 is 2.03 bits per heavy atom. The van der Waals surface area contributed by atoms with Crippen LogP contribution in [0.5, 0.6) is 0 Å². The number of H-pyrrole nitrogens is 1. The van der Waals surface area contributed by atoms with E-state index < -0.39 is 0 Å². The number of halogens is 1. The van der Waals surface area contributed by atoms with Crippen LogP contribution < -0.4 is 10.9 Å². The fourth-order valence-corrected chi connectivity index (χ4v) is 3.73. The predicted octanol–water partition coefficient (Wildman–Crippen LogP) is 4.46. The summed E-state index contributed by atoms with van der Waals surface area (Å²) in [6.45, 7) is 1.89. The van der Waals surface area contributed by atoms with Crippen LogP contribution >= 0.6 is 11.6 Å². The molecule has 5 aromatic rings. The molecule has 7 nitrogen and oxygen atoms in total. The number of hydrogen-bond acceptors (Lipinski definition) is 5. The molecule has 0 radical (unpaired) electrons. The minimum Gasteiger partial charge on any atom is -0.347 e. The summed E-state index contributed by atoms with van der Waals surface area (Å²) >= 11 is 6.19. The molecule has 0 saturated carbocycles. The molecule has 0 amide bonds. The first-order valence-electron chi connectivity index (χ1n) is 9.43. The Bertz CT molecular complexity index is 1440. The number of imidazole rings is 1. The molecule has 0 spiro atoms. The van der Waals surface area contributed by atoms with E-state index >= 15 is 0 Å². The third-order valence-electron chi connectivity index (χ3n) is 5.00. The molecule has 0 aliphatic rings. The van der Waals surface area contributed by atoms with Crippen LogP contribution in [0.3, 0.4) is 0 Å². The molecule has 0 aliphatic carbocycles. The third kappa shape index (κ3) is 3.19. The van der Waals surface area contributed by atoms with E-state index in [0.717, 1.165) is 22.4 Å². The van der Waals surface area contributed by atoms with E-state index in [1.807, 2.05) is 60.0 Å². The van der Waals surface area contributed by atoms with Gasteiger partial charge in [0.05, 0.1) is 34.2 Å². The monoisotopic (exact) mass is 416 g/mol. The van der Waals surface area contributed by atoms with Crippen LogP contribution in [-0.2, 0) is 0 Å². The standard InChI is InChI=1S/C22H17ClN6O/c1-13(15-11-14-5-4-6-16(23)20(14)28-21(15)30)26-22-24-9-8-17(27-22)18-12-25-19-7-2-3-10-29(18)19/h2-13H,1H3,(H,28,30)(H,24,26,27)/t13-/m0/s1. The SMILES string of the molecule is C[C@H](Nc1nccc(-c2cnc3ccccn23)n1)c1cc2cccc(Cl)c2[nH]c1=O. The van der Waals surface area contributed by atoms with E-state index in [2.05, 4.69) is 25.3 Å². The lowest BCUT2D eigenvalue weighted by Gasteiger charge is -2.15. The molecule has 4 heterocycles. The lowest BCUT2D eigenvalue weighted by atomic mass is 10.1. The number of rotatable bonds is 4. The van der Waals surface area contributed by atoms with Gasteiger partial charge in [0.25, 0.3) is 5.56 Å². The summed E-state index contributed by atoms with van der Waals surface area (Å²) in [4.78, 5) is 28.8. The molecule has 0 bridgehead atoms. The maximum absolute atomic E-state index is 12.6. The van der Waals surface area contributed by atoms with E-state index in [1.165, 1.54) is 0 Å². The topological polar surface area (TPSA) is 88.0 Å². The third-order valence-corrected chi connectivity index (χ3v) is 5.32. The molecule has 1 aromatic carbocycles. The molecular weight excluding hydrogens is 400 g/mol. The minimum absolute atomic E-state index is 0.200. The summed E-state index contributed by atoms with van der Waals surface area (Å²) in [7, 11) is 0. The van der Waals surface area contributed by atoms with E-state index in [9.17, 15) is 4.79 Å². The van der Waals surface area contributed by atoms with Gasteiger partial charge in [0.2, 0.25) is 5.95 Å². The van der Waals surface area contributed by atoms with Crippen LogP contribution in [0.2, 0.25) is 5.02 Å². The highest BCUT2D eigenvalue weighted by Gasteiger charge is 2.14. The minimum atomic E-state index is -0.311. The fraction of sp³-hybridized carbons (Fsp3) is 0.0909. The number of pyridine rings is 2. The van der Waals surface area contributed by atoms with Crippen molar-refractivity contribution in [3.05, 3.63) is 88.1 Å². The van der Waals surface area contributed by atoms with Crippen LogP contribution in [0.1, 0.15) is 18.5 Å². The van der Waals surface area contributed by atoms with Crippen LogP contribution in [0.15, 0.2) is 71.9 Å². The number of nitrogens with zero attached hydrogens (tertiary/aromatic N) is 4. The van der Waals surface area contributed by atoms with E-state index in [-0.39, 0.29) is 11.6 Å². The second-order valence-electron chi connectivity index (χ2n) is 6.96. The van der Waals surface area contributed by atoms with Crippen molar-refractivity contribution in [1.29, 1.82) is 0 Å². The van der Waals surface area contributed by atoms with Gasteiger partial charge >= 0.3 is 0 Å². The van der Waals surface area contributed by atoms with E-state index in [0.29, 0.717) is 22.1 Å². The molecule has 0 unspecified atom stereocenters. The first-order chi connectivity index (χ1) is 14.6. The van der Waals surface area contributed by atoms with Gasteiger partial charge in [0.15, 0.2) is 0 Å². The number of anilines is 1. The maximum Gasteiger partial charge on any atom is 0.253 e. The summed E-state index contributed by atoms with van der Waals surface area (Å²) in [6, 6.07) is 14.7. The number of aromatic nitrogens is 5. The molecule has 8 heteroatoms. The quantitative estimate of drug-likeness (QED) is 0.451. The van der Waals surface area contributed by atoms with E-state index in [4.69, 9.17) is 11.6 Å². The van der Waals surface area contributed by atoms with Crippen molar-refractivity contribution >= 4 is 34.1 Å². The molecule has 1 atom stereocenters. The molecular formula is C22H17ClN6O. The van der Waals surface area contributed by atoms with Crippen LogP contribution in [0.4, 0.5) is 5.95 Å². The largest absolute Gasteiger partial charge is 0.347 e. The van der Waals surface area contributed by atoms with Gasteiger partial charge in [-0.15, -0.1) is 0 Å². The van der Waals surface area contributed by atoms with E-state index in [1.54, 1.807) is 18.5 Å². The number of para-hydroxylation sites is 1. The zero-order valence-corrected chi connectivity index (χ0v) is 16.8. The van der Waals surface area contributed by atoms with Crippen molar-refractivity contribution in [2.24, 2.45) is 0 Å². The Hall–Kier alpha value is -3.71. The molecule has 30 heavy (non-hydrogen) atoms. The lowest BCUT2D eigenvalue weighted by molar-refractivity contribution is 0.845. The van der Waals surface area contributed by atoms with Gasteiger partial charge in [-0.2, -0.15) is 0 Å². The van der Waals surface area contributed by atoms with Gasteiger partial charge in [-0.05, 0) is 37.3 Å². The Kier molecular flexibility index (Phi) is 4.44. The van der Waals surface area contributed by atoms with Gasteiger partial charge in [0.1, 0.15) is 5.65 Å². The Morgan fingerprint density at radius 1 is 1.13 bits per heavy atom. The normalized spacial score (nSPS) is 12.3. The fourth-order valence-electron chi connectivity index (χ4n) is 3.50. The van der Waals surface area contributed by atoms with Crippen molar-refractivity contribution in [3.8, 4) is 11.4 Å². The number of fused-ring (bicyclic) bond motifs is 2.